The molecule has 0 bridgehead atoms. The van der Waals surface area contributed by atoms with Gasteiger partial charge in [0.15, 0.2) is 5.69 Å². The lowest BCUT2D eigenvalue weighted by atomic mass is 9.85. The summed E-state index contributed by atoms with van der Waals surface area (Å²) in [7, 11) is 0. The smallest absolute Gasteiger partial charge is 0.272 e. The van der Waals surface area contributed by atoms with Crippen molar-refractivity contribution in [2.24, 2.45) is 11.7 Å². The second-order valence-electron chi connectivity index (χ2n) is 8.68. The molecule has 2 heterocycles. The van der Waals surface area contributed by atoms with Crippen LogP contribution < -0.4 is 16.4 Å². The number of nitrogens with one attached hydrogen (secondary N) is 2. The molecular formula is C23H27ClFN5O4. The molecule has 1 atom stereocenters. The van der Waals surface area contributed by atoms with Gasteiger partial charge in [-0.3, -0.25) is 14.4 Å². The van der Waals surface area contributed by atoms with Crippen molar-refractivity contribution in [2.45, 2.75) is 50.7 Å². The van der Waals surface area contributed by atoms with E-state index < -0.39 is 17.6 Å². The third-order valence-corrected chi connectivity index (χ3v) is 6.72. The molecule has 182 valence electrons. The second-order valence-corrected chi connectivity index (χ2v) is 9.08. The lowest BCUT2D eigenvalue weighted by Crippen LogP contribution is -2.34. The zero-order valence-corrected chi connectivity index (χ0v) is 19.3. The number of amides is 3. The number of nitrogens with two attached hydrogens (primary N) is 1. The van der Waals surface area contributed by atoms with Crippen LogP contribution in [0.1, 0.15) is 65.5 Å². The van der Waals surface area contributed by atoms with Gasteiger partial charge in [-0.05, 0) is 56.7 Å². The van der Waals surface area contributed by atoms with Crippen molar-refractivity contribution in [1.29, 1.82) is 0 Å². The summed E-state index contributed by atoms with van der Waals surface area (Å²) >= 11 is 6.00. The molecule has 1 aliphatic heterocycles. The van der Waals surface area contributed by atoms with E-state index in [0.29, 0.717) is 44.5 Å². The Morgan fingerprint density at radius 2 is 1.97 bits per heavy atom. The molecule has 0 spiro atoms. The van der Waals surface area contributed by atoms with Gasteiger partial charge in [0, 0.05) is 25.1 Å². The zero-order valence-electron chi connectivity index (χ0n) is 18.6. The van der Waals surface area contributed by atoms with Crippen LogP contribution in [0.25, 0.3) is 0 Å². The quantitative estimate of drug-likeness (QED) is 0.548. The van der Waals surface area contributed by atoms with Crippen molar-refractivity contribution < 1.29 is 23.5 Å². The topological polar surface area (TPSA) is 128 Å². The van der Waals surface area contributed by atoms with Gasteiger partial charge < -0.3 is 25.7 Å². The average molecular weight is 492 g/mol. The summed E-state index contributed by atoms with van der Waals surface area (Å²) in [5.41, 5.74) is 6.02. The molecule has 34 heavy (non-hydrogen) atoms. The van der Waals surface area contributed by atoms with Gasteiger partial charge >= 0.3 is 0 Å². The van der Waals surface area contributed by atoms with Gasteiger partial charge in [-0.15, -0.1) is 0 Å². The first-order valence-corrected chi connectivity index (χ1v) is 11.7. The fraction of sp³-hybridized carbons (Fsp3) is 0.478. The number of anilines is 1. The van der Waals surface area contributed by atoms with Gasteiger partial charge in [0.05, 0.1) is 23.1 Å². The first kappa shape index (κ1) is 24.2. The number of rotatable bonds is 7. The van der Waals surface area contributed by atoms with Crippen LogP contribution >= 0.6 is 11.6 Å². The van der Waals surface area contributed by atoms with E-state index in [1.165, 1.54) is 18.5 Å². The van der Waals surface area contributed by atoms with Crippen LogP contribution in [0.4, 0.5) is 10.1 Å². The van der Waals surface area contributed by atoms with Crippen LogP contribution in [-0.2, 0) is 9.53 Å². The molecule has 1 saturated heterocycles. The standard InChI is InChI=1S/C23H27ClFN5O4/c24-17-10-14(25)5-8-18(17)29-22(32)13-3-6-15(7-4-13)30-12-28-19(20(30)21(26)31)23(33)27-11-16-2-1-9-34-16/h5,8,10,12-13,15-16H,1-4,6-7,9,11H2,(H2,26,31)(H,27,33)(H,29,32)/t13-,15-,16?. The van der Waals surface area contributed by atoms with E-state index in [-0.39, 0.29) is 40.4 Å². The van der Waals surface area contributed by atoms with Crippen molar-refractivity contribution in [2.75, 3.05) is 18.5 Å². The molecule has 4 rings (SSSR count). The predicted molar refractivity (Wildman–Crippen MR) is 123 cm³/mol. The molecule has 2 aromatic rings. The van der Waals surface area contributed by atoms with Gasteiger partial charge in [0.1, 0.15) is 11.5 Å². The Bertz CT molecular complexity index is 1080. The van der Waals surface area contributed by atoms with Gasteiger partial charge in [-0.2, -0.15) is 0 Å². The highest BCUT2D eigenvalue weighted by atomic mass is 35.5. The minimum absolute atomic E-state index is 0.00341. The maximum absolute atomic E-state index is 13.2. The molecule has 1 aromatic carbocycles. The first-order valence-electron chi connectivity index (χ1n) is 11.4. The minimum atomic E-state index is -0.731. The summed E-state index contributed by atoms with van der Waals surface area (Å²) in [6.07, 6.45) is 5.59. The summed E-state index contributed by atoms with van der Waals surface area (Å²) in [6, 6.07) is 3.69. The number of carbonyl (C=O) groups excluding carboxylic acids is 3. The molecule has 3 amide bonds. The summed E-state index contributed by atoms with van der Waals surface area (Å²) in [5.74, 6) is -2.12. The summed E-state index contributed by atoms with van der Waals surface area (Å²) in [6.45, 7) is 1.03. The number of halogens is 2. The molecule has 4 N–H and O–H groups in total. The normalized spacial score (nSPS) is 22.4. The molecular weight excluding hydrogens is 465 g/mol. The Kier molecular flexibility index (Phi) is 7.47. The maximum atomic E-state index is 13.2. The maximum Gasteiger partial charge on any atom is 0.272 e. The number of primary amides is 1. The molecule has 0 radical (unpaired) electrons. The third kappa shape index (κ3) is 5.39. The number of ether oxygens (including phenoxy) is 1. The molecule has 1 saturated carbocycles. The number of nitrogens with zero attached hydrogens (tertiary/aromatic N) is 2. The summed E-state index contributed by atoms with van der Waals surface area (Å²) in [5, 5.41) is 5.66. The molecule has 2 fully saturated rings. The van der Waals surface area contributed by atoms with E-state index in [9.17, 15) is 18.8 Å². The number of imidazole rings is 1. The second kappa shape index (κ2) is 10.5. The van der Waals surface area contributed by atoms with Crippen molar-refractivity contribution >= 4 is 35.0 Å². The SMILES string of the molecule is NC(=O)c1c(C(=O)NCC2CCCO2)ncn1[C@H]1CC[C@H](C(=O)Nc2ccc(F)cc2Cl)CC1. The van der Waals surface area contributed by atoms with Gasteiger partial charge in [-0.25, -0.2) is 9.37 Å². The van der Waals surface area contributed by atoms with Crippen molar-refractivity contribution in [3.63, 3.8) is 0 Å². The van der Waals surface area contributed by atoms with E-state index in [4.69, 9.17) is 22.1 Å². The Labute approximate surface area is 201 Å². The average Bonchev–Trinajstić information content (AvgIpc) is 3.49. The van der Waals surface area contributed by atoms with E-state index >= 15 is 0 Å². The first-order chi connectivity index (χ1) is 16.3. The number of carbonyl (C=O) groups is 3. The predicted octanol–water partition coefficient (Wildman–Crippen LogP) is 3.05. The van der Waals surface area contributed by atoms with Crippen molar-refractivity contribution in [3.05, 3.63) is 46.8 Å². The van der Waals surface area contributed by atoms with E-state index in [2.05, 4.69) is 15.6 Å². The molecule has 1 aromatic heterocycles. The Morgan fingerprint density at radius 3 is 2.62 bits per heavy atom. The molecule has 2 aliphatic rings. The zero-order chi connectivity index (χ0) is 24.2. The fourth-order valence-electron chi connectivity index (χ4n) is 4.59. The molecule has 1 aliphatic carbocycles. The van der Waals surface area contributed by atoms with Crippen LogP contribution in [0.3, 0.4) is 0 Å². The number of benzene rings is 1. The van der Waals surface area contributed by atoms with Crippen LogP contribution in [0.15, 0.2) is 24.5 Å². The summed E-state index contributed by atoms with van der Waals surface area (Å²) < 4.78 is 20.4. The van der Waals surface area contributed by atoms with Crippen molar-refractivity contribution in [1.82, 2.24) is 14.9 Å². The highest BCUT2D eigenvalue weighted by Gasteiger charge is 2.31. The highest BCUT2D eigenvalue weighted by molar-refractivity contribution is 6.33. The lowest BCUT2D eigenvalue weighted by Gasteiger charge is -2.29. The molecule has 9 nitrogen and oxygen atoms in total. The number of hydrogen-bond donors (Lipinski definition) is 3. The third-order valence-electron chi connectivity index (χ3n) is 6.41. The van der Waals surface area contributed by atoms with E-state index in [1.54, 1.807) is 4.57 Å². The van der Waals surface area contributed by atoms with E-state index in [1.807, 2.05) is 0 Å². The van der Waals surface area contributed by atoms with Gasteiger partial charge in [0.2, 0.25) is 5.91 Å². The minimum Gasteiger partial charge on any atom is -0.376 e. The number of hydrogen-bond acceptors (Lipinski definition) is 5. The van der Waals surface area contributed by atoms with Crippen LogP contribution in [0, 0.1) is 11.7 Å². The summed E-state index contributed by atoms with van der Waals surface area (Å²) in [4.78, 5) is 41.7. The monoisotopic (exact) mass is 491 g/mol. The molecule has 11 heteroatoms. The molecule has 1 unspecified atom stereocenters. The fourth-order valence-corrected chi connectivity index (χ4v) is 4.80. The Morgan fingerprint density at radius 1 is 1.21 bits per heavy atom. The van der Waals surface area contributed by atoms with E-state index in [0.717, 1.165) is 18.9 Å². The number of aromatic nitrogens is 2. The largest absolute Gasteiger partial charge is 0.376 e. The van der Waals surface area contributed by atoms with Crippen LogP contribution in [-0.4, -0.2) is 46.5 Å². The Hall–Kier alpha value is -2.98. The van der Waals surface area contributed by atoms with Gasteiger partial charge in [0.25, 0.3) is 11.8 Å². The van der Waals surface area contributed by atoms with Crippen molar-refractivity contribution in [3.8, 4) is 0 Å². The Balaban J connectivity index is 1.38. The van der Waals surface area contributed by atoms with Crippen LogP contribution in [0.2, 0.25) is 5.02 Å². The highest BCUT2D eigenvalue weighted by Crippen LogP contribution is 2.34. The van der Waals surface area contributed by atoms with Crippen LogP contribution in [0.5, 0.6) is 0 Å². The lowest BCUT2D eigenvalue weighted by molar-refractivity contribution is -0.121. The van der Waals surface area contributed by atoms with Gasteiger partial charge in [-0.1, -0.05) is 11.6 Å².